The molecule has 0 aliphatic carbocycles. The summed E-state index contributed by atoms with van der Waals surface area (Å²) in [6.45, 7) is 9.29. The molecule has 1 aromatic carbocycles. The number of aliphatic hydroxyl groups excluding tert-OH is 2. The number of aliphatic hydroxyl groups is 2. The lowest BCUT2D eigenvalue weighted by Gasteiger charge is -2.30. The number of phenolic OH excluding ortho intramolecular Hbond substituents is 1. The Morgan fingerprint density at radius 1 is 0.551 bits per heavy atom. The Hall–Kier alpha value is -9.05. The molecule has 21 N–H and O–H groups in total. The zero-order valence-electron chi connectivity index (χ0n) is 51.0. The van der Waals surface area contributed by atoms with Crippen molar-refractivity contribution in [3.05, 3.63) is 29.8 Å². The van der Waals surface area contributed by atoms with Crippen molar-refractivity contribution in [2.75, 3.05) is 26.2 Å². The number of carboxylic acid groups (broad SMARTS) is 1. The fourth-order valence-electron chi connectivity index (χ4n) is 8.63. The van der Waals surface area contributed by atoms with Crippen LogP contribution in [0.1, 0.15) is 106 Å². The number of nitrogens with two attached hydrogens (primary N) is 3. The van der Waals surface area contributed by atoms with E-state index < -0.39 is 213 Å². The Morgan fingerprint density at radius 3 is 1.51 bits per heavy atom. The normalized spacial score (nSPS) is 16.8. The fourth-order valence-corrected chi connectivity index (χ4v) is 8.63. The van der Waals surface area contributed by atoms with Gasteiger partial charge in [0, 0.05) is 25.8 Å². The molecule has 0 radical (unpaired) electrons. The van der Waals surface area contributed by atoms with Crippen molar-refractivity contribution in [3.8, 4) is 5.75 Å². The topological polar surface area (TPSA) is 551 Å². The van der Waals surface area contributed by atoms with E-state index in [2.05, 4.69) is 58.5 Å². The summed E-state index contributed by atoms with van der Waals surface area (Å²) in [6, 6.07) is -8.91. The van der Waals surface area contributed by atoms with Crippen LogP contribution in [0.4, 0.5) is 0 Å². The van der Waals surface area contributed by atoms with E-state index in [9.17, 15) is 87.2 Å². The van der Waals surface area contributed by atoms with Crippen LogP contribution in [0.2, 0.25) is 0 Å². The zero-order valence-corrected chi connectivity index (χ0v) is 51.0. The quantitative estimate of drug-likeness (QED) is 0.0294. The number of hydrogen-bond acceptors (Lipinski definition) is 19. The predicted molar refractivity (Wildman–Crippen MR) is 312 cm³/mol. The van der Waals surface area contributed by atoms with Crippen molar-refractivity contribution >= 4 is 88.7 Å². The molecule has 13 atom stereocenters. The van der Waals surface area contributed by atoms with E-state index in [0.717, 1.165) is 25.7 Å². The molecule has 34 heteroatoms. The van der Waals surface area contributed by atoms with Crippen molar-refractivity contribution in [2.24, 2.45) is 29.0 Å². The van der Waals surface area contributed by atoms with Gasteiger partial charge >= 0.3 is 5.97 Å². The highest BCUT2D eigenvalue weighted by Gasteiger charge is 2.41. The summed E-state index contributed by atoms with van der Waals surface area (Å²) < 4.78 is 0. The first-order valence-corrected chi connectivity index (χ1v) is 28.8. The number of hydrogen-bond donors (Lipinski definition) is 18. The second kappa shape index (κ2) is 36.9. The van der Waals surface area contributed by atoms with Gasteiger partial charge in [0.15, 0.2) is 0 Å². The summed E-state index contributed by atoms with van der Waals surface area (Å²) in [4.78, 5) is 197. The Morgan fingerprint density at radius 2 is 1.02 bits per heavy atom. The van der Waals surface area contributed by atoms with Crippen molar-refractivity contribution < 1.29 is 92.3 Å². The van der Waals surface area contributed by atoms with E-state index in [1.165, 1.54) is 31.2 Å². The van der Waals surface area contributed by atoms with Crippen molar-refractivity contribution in [3.63, 3.8) is 0 Å². The number of carboxylic acids is 1. The average molecular weight is 1260 g/mol. The molecule has 0 bridgehead atoms. The van der Waals surface area contributed by atoms with E-state index in [1.807, 2.05) is 0 Å². The SMILES string of the molecule is CC[C@H](C)[C@H](NC(=O)[C@H](C)NC(=O)[C@H](Cc1ccc(O)cc1)NC(=O)CNC(=O)[C@@H](N)C(C)C)C(=O)NCC(=O)N[C@H](C(=O)N[C@@H](CCC(N)=O)C(=O)N[C@@H](CCC(N)=O)C(=O)N[C@@H](C)C(=O)N[C@H](C(=O)N1CCC[C@H]1C(=O)NCC(=O)O)[C@@H](C)O)[C@@H](C)O. The Bertz CT molecular complexity index is 2710. The second-order valence-electron chi connectivity index (χ2n) is 22.0. The molecule has 0 spiro atoms. The van der Waals surface area contributed by atoms with Gasteiger partial charge in [-0.25, -0.2) is 0 Å². The molecule has 14 amide bonds. The number of carbonyl (C=O) groups is 15. The molecule has 1 aromatic rings. The standard InChI is InChI=1S/C55H87N15O19/c1-9-26(4)43(68-46(80)27(5)63-50(84)35(21-31-12-14-32(73)15-13-31)64-39(76)22-59-52(86)42(58)25(2)3)53(87)60-23-40(77)67-44(29(7)71)54(88)66-34(17-19-38(57)75)49(83)65-33(16-18-37(56)74)48(82)62-28(6)47(81)69-45(30(8)72)55(89)70-20-10-11-36(70)51(85)61-24-41(78)79/h12-15,25-30,33-36,42-45,71-73H,9-11,16-24,58H2,1-8H3,(H2,56,74)(H2,57,75)(H,59,86)(H,60,87)(H,61,85)(H,62,82)(H,63,84)(H,64,76)(H,65,83)(H,66,88)(H,67,77)(H,68,80)(H,69,81)(H,78,79)/t26-,27-,28-,29+,30+,33-,34-,35-,36-,42-,43-,44-,45-/m0/s1. The van der Waals surface area contributed by atoms with Crippen molar-refractivity contribution in [2.45, 2.75) is 179 Å². The zero-order chi connectivity index (χ0) is 67.6. The minimum Gasteiger partial charge on any atom is -0.508 e. The van der Waals surface area contributed by atoms with E-state index in [0.29, 0.717) is 18.4 Å². The second-order valence-corrected chi connectivity index (χ2v) is 22.0. The average Bonchev–Trinajstić information content (AvgIpc) is 2.41. The third kappa shape index (κ3) is 26.1. The highest BCUT2D eigenvalue weighted by molar-refractivity contribution is 5.99. The first-order chi connectivity index (χ1) is 41.6. The minimum atomic E-state index is -1.88. The summed E-state index contributed by atoms with van der Waals surface area (Å²) in [7, 11) is 0. The van der Waals surface area contributed by atoms with Gasteiger partial charge in [0.05, 0.1) is 31.3 Å². The molecule has 496 valence electrons. The van der Waals surface area contributed by atoms with Gasteiger partial charge in [-0.15, -0.1) is 0 Å². The van der Waals surface area contributed by atoms with Crippen LogP contribution < -0.4 is 75.7 Å². The summed E-state index contributed by atoms with van der Waals surface area (Å²) in [5.41, 5.74) is 17.0. The van der Waals surface area contributed by atoms with Crippen LogP contribution in [0.15, 0.2) is 24.3 Å². The number of benzene rings is 1. The molecular formula is C55H87N15O19. The van der Waals surface area contributed by atoms with Crippen LogP contribution in [0.5, 0.6) is 5.75 Å². The third-order valence-corrected chi connectivity index (χ3v) is 14.2. The number of primary amides is 2. The molecule has 0 saturated carbocycles. The fraction of sp³-hybridized carbons (Fsp3) is 0.618. The van der Waals surface area contributed by atoms with Gasteiger partial charge in [-0.2, -0.15) is 0 Å². The molecule has 2 rings (SSSR count). The molecule has 89 heavy (non-hydrogen) atoms. The van der Waals surface area contributed by atoms with Gasteiger partial charge in [-0.1, -0.05) is 46.2 Å². The van der Waals surface area contributed by atoms with Gasteiger partial charge in [-0.05, 0) is 82.9 Å². The molecule has 0 aromatic heterocycles. The lowest BCUT2D eigenvalue weighted by molar-refractivity contribution is -0.144. The number of nitrogens with zero attached hydrogens (tertiary/aromatic N) is 1. The Labute approximate surface area is 513 Å². The van der Waals surface area contributed by atoms with Crippen LogP contribution >= 0.6 is 0 Å². The van der Waals surface area contributed by atoms with E-state index in [-0.39, 0.29) is 31.1 Å². The smallest absolute Gasteiger partial charge is 0.322 e. The molecule has 34 nitrogen and oxygen atoms in total. The van der Waals surface area contributed by atoms with Gasteiger partial charge in [0.2, 0.25) is 82.7 Å². The highest BCUT2D eigenvalue weighted by Crippen LogP contribution is 2.20. The number of rotatable bonds is 37. The predicted octanol–water partition coefficient (Wildman–Crippen LogP) is -7.40. The highest BCUT2D eigenvalue weighted by atomic mass is 16.4. The largest absolute Gasteiger partial charge is 0.508 e. The number of nitrogens with one attached hydrogen (secondary N) is 11. The molecule has 1 heterocycles. The van der Waals surface area contributed by atoms with E-state index in [1.54, 1.807) is 27.7 Å². The lowest BCUT2D eigenvalue weighted by Crippen LogP contribution is -2.61. The number of aliphatic carboxylic acids is 1. The lowest BCUT2D eigenvalue weighted by atomic mass is 9.98. The van der Waals surface area contributed by atoms with Gasteiger partial charge in [0.25, 0.3) is 0 Å². The first kappa shape index (κ1) is 76.0. The van der Waals surface area contributed by atoms with Crippen molar-refractivity contribution in [1.29, 1.82) is 0 Å². The summed E-state index contributed by atoms with van der Waals surface area (Å²) in [6.07, 6.45) is -4.78. The molecule has 0 unspecified atom stereocenters. The van der Waals surface area contributed by atoms with Crippen molar-refractivity contribution in [1.82, 2.24) is 63.4 Å². The number of amides is 14. The number of carbonyl (C=O) groups excluding carboxylic acids is 14. The maximum atomic E-state index is 13.9. The number of likely N-dealkylation sites (tertiary alicyclic amines) is 1. The molecular weight excluding hydrogens is 1170 g/mol. The van der Waals surface area contributed by atoms with Gasteiger partial charge in [-0.3, -0.25) is 71.9 Å². The molecule has 1 aliphatic rings. The van der Waals surface area contributed by atoms with E-state index >= 15 is 0 Å². The molecule has 1 fully saturated rings. The van der Waals surface area contributed by atoms with Crippen LogP contribution in [0.3, 0.4) is 0 Å². The maximum Gasteiger partial charge on any atom is 0.322 e. The minimum absolute atomic E-state index is 0.0182. The van der Waals surface area contributed by atoms with Crippen LogP contribution in [0, 0.1) is 11.8 Å². The Balaban J connectivity index is 2.21. The summed E-state index contributed by atoms with van der Waals surface area (Å²) in [5, 5.41) is 65.8. The number of aromatic hydroxyl groups is 1. The molecule has 1 saturated heterocycles. The molecule has 1 aliphatic heterocycles. The van der Waals surface area contributed by atoms with Crippen LogP contribution in [0.25, 0.3) is 0 Å². The summed E-state index contributed by atoms with van der Waals surface area (Å²) >= 11 is 0. The number of phenols is 1. The third-order valence-electron chi connectivity index (χ3n) is 14.2. The maximum absolute atomic E-state index is 13.9. The van der Waals surface area contributed by atoms with Gasteiger partial charge < -0.3 is 101 Å². The summed E-state index contributed by atoms with van der Waals surface area (Å²) in [5.74, 6) is -15.5. The van der Waals surface area contributed by atoms with E-state index in [4.69, 9.17) is 22.3 Å². The Kier molecular flexibility index (Phi) is 31.6. The van der Waals surface area contributed by atoms with Crippen LogP contribution in [-0.4, -0.2) is 213 Å². The first-order valence-electron chi connectivity index (χ1n) is 28.8. The monoisotopic (exact) mass is 1260 g/mol. The van der Waals surface area contributed by atoms with Gasteiger partial charge in [0.1, 0.15) is 66.7 Å². The van der Waals surface area contributed by atoms with Crippen LogP contribution in [-0.2, 0) is 78.3 Å².